The van der Waals surface area contributed by atoms with Crippen molar-refractivity contribution in [2.24, 2.45) is 17.8 Å². The molecule has 2 heterocycles. The van der Waals surface area contributed by atoms with E-state index >= 15 is 0 Å². The van der Waals surface area contributed by atoms with Crippen LogP contribution in [0.4, 0.5) is 0 Å². The number of methoxy groups -OCH3 is 1. The zero-order valence-electron chi connectivity index (χ0n) is 21.6. The lowest BCUT2D eigenvalue weighted by Gasteiger charge is -2.50. The molecular weight excluding hydrogens is 623 g/mol. The molecule has 4 amide bonds. The fourth-order valence-electron chi connectivity index (χ4n) is 7.05. The summed E-state index contributed by atoms with van der Waals surface area (Å²) >= 11 is 17.8. The molecule has 0 spiro atoms. The van der Waals surface area contributed by atoms with Crippen molar-refractivity contribution in [2.75, 3.05) is 14.2 Å². The Morgan fingerprint density at radius 1 is 1.05 bits per heavy atom. The van der Waals surface area contributed by atoms with E-state index in [9.17, 15) is 24.3 Å². The molecule has 4 aliphatic rings. The van der Waals surface area contributed by atoms with Crippen LogP contribution in [0.25, 0.3) is 0 Å². The van der Waals surface area contributed by atoms with Crippen LogP contribution < -0.4 is 4.74 Å². The molecule has 2 aliphatic carbocycles. The third kappa shape index (κ3) is 3.50. The van der Waals surface area contributed by atoms with Gasteiger partial charge in [-0.3, -0.25) is 29.0 Å². The van der Waals surface area contributed by atoms with Gasteiger partial charge in [-0.2, -0.15) is 0 Å². The van der Waals surface area contributed by atoms with Gasteiger partial charge in [0.2, 0.25) is 11.8 Å². The number of fused-ring (bicyclic) bond motifs is 4. The first-order valence-corrected chi connectivity index (χ1v) is 14.4. The minimum absolute atomic E-state index is 0.111. The standard InChI is InChI=1S/C29H25BrCl2N2O6/c1-33-26(38)28(31)12-19-16(22(29(28,32)27(33)39)18-10-15(30)11-20(40-2)23(18)35)8-9-17-21(19)25(37)34(24(17)36)13-14-6-4-3-5-7-14/h3-8,10-11,17,19,21-22,35H,9,12-13H2,1-2H3. The number of likely N-dealkylation sites (tertiary alicyclic amines) is 2. The van der Waals surface area contributed by atoms with Crippen molar-refractivity contribution in [1.82, 2.24) is 9.80 Å². The monoisotopic (exact) mass is 646 g/mol. The quantitative estimate of drug-likeness (QED) is 0.301. The summed E-state index contributed by atoms with van der Waals surface area (Å²) < 4.78 is 5.90. The summed E-state index contributed by atoms with van der Waals surface area (Å²) in [6.45, 7) is 0.131. The minimum Gasteiger partial charge on any atom is -0.504 e. The van der Waals surface area contributed by atoms with E-state index in [0.717, 1.165) is 10.5 Å². The molecule has 2 aromatic carbocycles. The average Bonchev–Trinajstić information content (AvgIpc) is 3.25. The van der Waals surface area contributed by atoms with E-state index in [-0.39, 0.29) is 48.3 Å². The maximum Gasteiger partial charge on any atom is 0.253 e. The van der Waals surface area contributed by atoms with Gasteiger partial charge < -0.3 is 9.84 Å². The van der Waals surface area contributed by atoms with Gasteiger partial charge in [0, 0.05) is 23.0 Å². The molecule has 2 aromatic rings. The molecule has 0 aromatic heterocycles. The number of halogens is 3. The smallest absolute Gasteiger partial charge is 0.253 e. The molecule has 8 nitrogen and oxygen atoms in total. The molecule has 40 heavy (non-hydrogen) atoms. The van der Waals surface area contributed by atoms with Crippen LogP contribution in [-0.4, -0.2) is 62.4 Å². The lowest BCUT2D eigenvalue weighted by atomic mass is 9.56. The number of rotatable bonds is 4. The van der Waals surface area contributed by atoms with Crippen molar-refractivity contribution in [3.63, 3.8) is 0 Å². The van der Waals surface area contributed by atoms with E-state index in [1.807, 2.05) is 36.4 Å². The van der Waals surface area contributed by atoms with Crippen LogP contribution >= 0.6 is 39.1 Å². The largest absolute Gasteiger partial charge is 0.504 e. The second-order valence-electron chi connectivity index (χ2n) is 10.8. The van der Waals surface area contributed by atoms with Crippen LogP contribution in [0.3, 0.4) is 0 Å². The number of nitrogens with zero attached hydrogens (tertiary/aromatic N) is 2. The Bertz CT molecular complexity index is 1520. The lowest BCUT2D eigenvalue weighted by Crippen LogP contribution is -2.60. The number of allylic oxidation sites excluding steroid dienone is 2. The average molecular weight is 648 g/mol. The minimum atomic E-state index is -1.99. The number of hydrogen-bond acceptors (Lipinski definition) is 6. The molecule has 0 radical (unpaired) electrons. The number of carbonyl (C=O) groups excluding carboxylic acids is 4. The second-order valence-corrected chi connectivity index (χ2v) is 12.9. The molecule has 208 valence electrons. The number of amides is 4. The van der Waals surface area contributed by atoms with Crippen molar-refractivity contribution >= 4 is 62.8 Å². The molecule has 11 heteroatoms. The fourth-order valence-corrected chi connectivity index (χ4v) is 8.51. The van der Waals surface area contributed by atoms with Crippen molar-refractivity contribution in [1.29, 1.82) is 0 Å². The normalized spacial score (nSPS) is 33.1. The Balaban J connectivity index is 1.51. The molecule has 0 bridgehead atoms. The molecule has 2 saturated heterocycles. The Morgan fingerprint density at radius 3 is 2.42 bits per heavy atom. The van der Waals surface area contributed by atoms with E-state index < -0.39 is 45.2 Å². The van der Waals surface area contributed by atoms with Crippen LogP contribution in [0.1, 0.15) is 29.9 Å². The summed E-state index contributed by atoms with van der Waals surface area (Å²) in [5.74, 6) is -5.31. The predicted octanol–water partition coefficient (Wildman–Crippen LogP) is 4.35. The van der Waals surface area contributed by atoms with Gasteiger partial charge in [0.25, 0.3) is 11.8 Å². The van der Waals surface area contributed by atoms with E-state index in [1.54, 1.807) is 12.1 Å². The van der Waals surface area contributed by atoms with E-state index in [0.29, 0.717) is 10.0 Å². The molecule has 2 aliphatic heterocycles. The highest BCUT2D eigenvalue weighted by molar-refractivity contribution is 9.10. The molecular formula is C29H25BrCl2N2O6. The van der Waals surface area contributed by atoms with Crippen LogP contribution in [0.15, 0.2) is 58.6 Å². The van der Waals surface area contributed by atoms with Gasteiger partial charge >= 0.3 is 0 Å². The first-order valence-electron chi connectivity index (χ1n) is 12.8. The van der Waals surface area contributed by atoms with Gasteiger partial charge in [0.15, 0.2) is 21.2 Å². The summed E-state index contributed by atoms with van der Waals surface area (Å²) in [6.07, 6.45) is 1.97. The fraction of sp³-hybridized carbons (Fsp3) is 0.379. The number of ether oxygens (including phenoxy) is 1. The Morgan fingerprint density at radius 2 is 1.75 bits per heavy atom. The maximum absolute atomic E-state index is 13.9. The molecule has 1 saturated carbocycles. The number of phenols is 1. The van der Waals surface area contributed by atoms with Crippen molar-refractivity contribution in [3.8, 4) is 11.5 Å². The summed E-state index contributed by atoms with van der Waals surface area (Å²) in [5, 5.41) is 11.3. The number of hydrogen-bond donors (Lipinski definition) is 1. The zero-order valence-corrected chi connectivity index (χ0v) is 24.7. The highest BCUT2D eigenvalue weighted by Crippen LogP contribution is 2.66. The summed E-state index contributed by atoms with van der Waals surface area (Å²) in [6, 6.07) is 12.4. The third-order valence-corrected chi connectivity index (χ3v) is 10.8. The van der Waals surface area contributed by atoms with Crippen LogP contribution in [-0.2, 0) is 25.7 Å². The summed E-state index contributed by atoms with van der Waals surface area (Å²) in [5.41, 5.74) is 1.65. The Hall–Kier alpha value is -2.88. The highest BCUT2D eigenvalue weighted by atomic mass is 79.9. The van der Waals surface area contributed by atoms with E-state index in [2.05, 4.69) is 15.9 Å². The molecule has 6 atom stereocenters. The summed E-state index contributed by atoms with van der Waals surface area (Å²) in [4.78, 5) is 53.0. The molecule has 6 rings (SSSR count). The molecule has 3 fully saturated rings. The first kappa shape index (κ1) is 27.3. The number of carbonyl (C=O) groups is 4. The number of phenolic OH excluding ortho intramolecular Hbond substituents is 1. The number of alkyl halides is 2. The Kier molecular flexibility index (Phi) is 6.36. The van der Waals surface area contributed by atoms with Crippen molar-refractivity contribution in [2.45, 2.75) is 35.1 Å². The predicted molar refractivity (Wildman–Crippen MR) is 150 cm³/mol. The van der Waals surface area contributed by atoms with Gasteiger partial charge in [-0.05, 0) is 36.5 Å². The van der Waals surface area contributed by atoms with Crippen molar-refractivity contribution < 1.29 is 29.0 Å². The van der Waals surface area contributed by atoms with Crippen molar-refractivity contribution in [3.05, 3.63) is 69.7 Å². The van der Waals surface area contributed by atoms with Gasteiger partial charge in [-0.1, -0.05) is 57.9 Å². The maximum atomic E-state index is 13.9. The highest BCUT2D eigenvalue weighted by Gasteiger charge is 2.76. The van der Waals surface area contributed by atoms with Gasteiger partial charge in [-0.25, -0.2) is 0 Å². The first-order chi connectivity index (χ1) is 19.0. The molecule has 6 unspecified atom stereocenters. The topological polar surface area (TPSA) is 104 Å². The van der Waals surface area contributed by atoms with Crippen LogP contribution in [0.2, 0.25) is 0 Å². The van der Waals surface area contributed by atoms with Crippen LogP contribution in [0, 0.1) is 17.8 Å². The Labute approximate surface area is 249 Å². The molecule has 1 N–H and O–H groups in total. The van der Waals surface area contributed by atoms with E-state index in [4.69, 9.17) is 27.9 Å². The van der Waals surface area contributed by atoms with Gasteiger partial charge in [-0.15, -0.1) is 23.2 Å². The second kappa shape index (κ2) is 9.33. The SMILES string of the molecule is COc1cc(Br)cc(C2C3=CCC4C(=O)N(Cc5ccccc5)C(=O)C4C3CC3(Cl)C(=O)N(C)C(=O)C23Cl)c1O. The lowest BCUT2D eigenvalue weighted by molar-refractivity contribution is -0.141. The van der Waals surface area contributed by atoms with Gasteiger partial charge in [0.05, 0.1) is 25.5 Å². The number of imide groups is 2. The summed E-state index contributed by atoms with van der Waals surface area (Å²) in [7, 11) is 2.71. The van der Waals surface area contributed by atoms with Crippen LogP contribution in [0.5, 0.6) is 11.5 Å². The van der Waals surface area contributed by atoms with E-state index in [1.165, 1.54) is 19.1 Å². The third-order valence-electron chi connectivity index (χ3n) is 8.89. The van der Waals surface area contributed by atoms with Gasteiger partial charge in [0.1, 0.15) is 0 Å². The number of aromatic hydroxyl groups is 1. The number of benzene rings is 2. The zero-order chi connectivity index (χ0) is 28.7.